The zero-order valence-electron chi connectivity index (χ0n) is 10.4. The highest BCUT2D eigenvalue weighted by Gasteiger charge is 2.27. The lowest BCUT2D eigenvalue weighted by molar-refractivity contribution is -0.146. The summed E-state index contributed by atoms with van der Waals surface area (Å²) >= 11 is 0. The van der Waals surface area contributed by atoms with Crippen LogP contribution in [-0.2, 0) is 11.2 Å². The van der Waals surface area contributed by atoms with Crippen LogP contribution in [0.5, 0.6) is 0 Å². The van der Waals surface area contributed by atoms with E-state index in [1.807, 2.05) is 12.1 Å². The summed E-state index contributed by atoms with van der Waals surface area (Å²) in [6.45, 7) is 7.80. The van der Waals surface area contributed by atoms with E-state index in [9.17, 15) is 4.79 Å². The standard InChI is InChI=1S/C14H20O2/c1-10(2)12-7-5-6-11(8-12)9-14(3,4)13(15)16/h5-8,10H,9H2,1-4H3,(H,15,16). The van der Waals surface area contributed by atoms with Gasteiger partial charge < -0.3 is 5.11 Å². The maximum Gasteiger partial charge on any atom is 0.309 e. The van der Waals surface area contributed by atoms with Gasteiger partial charge in [0.15, 0.2) is 0 Å². The van der Waals surface area contributed by atoms with Gasteiger partial charge in [-0.1, -0.05) is 38.1 Å². The van der Waals surface area contributed by atoms with Gasteiger partial charge in [-0.25, -0.2) is 0 Å². The lowest BCUT2D eigenvalue weighted by Gasteiger charge is -2.19. The number of carboxylic acids is 1. The van der Waals surface area contributed by atoms with E-state index >= 15 is 0 Å². The van der Waals surface area contributed by atoms with Crippen molar-refractivity contribution in [1.29, 1.82) is 0 Å². The second-order valence-electron chi connectivity index (χ2n) is 5.27. The van der Waals surface area contributed by atoms with Crippen LogP contribution in [0.4, 0.5) is 0 Å². The number of rotatable bonds is 4. The maximum atomic E-state index is 11.0. The number of hydrogen-bond donors (Lipinski definition) is 1. The van der Waals surface area contributed by atoms with Crippen molar-refractivity contribution >= 4 is 5.97 Å². The van der Waals surface area contributed by atoms with Gasteiger partial charge in [0.25, 0.3) is 0 Å². The molecule has 0 amide bonds. The minimum Gasteiger partial charge on any atom is -0.481 e. The van der Waals surface area contributed by atoms with Crippen molar-refractivity contribution < 1.29 is 9.90 Å². The van der Waals surface area contributed by atoms with Gasteiger partial charge in [0.1, 0.15) is 0 Å². The SMILES string of the molecule is CC(C)c1cccc(CC(C)(C)C(=O)O)c1. The molecule has 1 aromatic carbocycles. The van der Waals surface area contributed by atoms with E-state index in [0.717, 1.165) is 5.56 Å². The van der Waals surface area contributed by atoms with E-state index in [2.05, 4.69) is 26.0 Å². The Hall–Kier alpha value is -1.31. The maximum absolute atomic E-state index is 11.0. The first-order chi connectivity index (χ1) is 7.33. The molecule has 0 radical (unpaired) electrons. The Bertz CT molecular complexity index is 378. The smallest absolute Gasteiger partial charge is 0.309 e. The third kappa shape index (κ3) is 3.09. The highest BCUT2D eigenvalue weighted by atomic mass is 16.4. The lowest BCUT2D eigenvalue weighted by atomic mass is 9.85. The van der Waals surface area contributed by atoms with Crippen molar-refractivity contribution in [2.75, 3.05) is 0 Å². The van der Waals surface area contributed by atoms with E-state index in [1.165, 1.54) is 5.56 Å². The average Bonchev–Trinajstić information content (AvgIpc) is 2.17. The van der Waals surface area contributed by atoms with Crippen LogP contribution >= 0.6 is 0 Å². The Morgan fingerprint density at radius 2 is 2.00 bits per heavy atom. The van der Waals surface area contributed by atoms with E-state index in [0.29, 0.717) is 12.3 Å². The molecule has 88 valence electrons. The van der Waals surface area contributed by atoms with Gasteiger partial charge in [0, 0.05) is 0 Å². The number of aliphatic carboxylic acids is 1. The van der Waals surface area contributed by atoms with Crippen molar-refractivity contribution in [3.63, 3.8) is 0 Å². The van der Waals surface area contributed by atoms with E-state index in [-0.39, 0.29) is 0 Å². The summed E-state index contributed by atoms with van der Waals surface area (Å²) < 4.78 is 0. The first-order valence-electron chi connectivity index (χ1n) is 5.65. The Balaban J connectivity index is 2.90. The van der Waals surface area contributed by atoms with Gasteiger partial charge in [-0.3, -0.25) is 4.79 Å². The van der Waals surface area contributed by atoms with Crippen LogP contribution in [0, 0.1) is 5.41 Å². The third-order valence-corrected chi connectivity index (χ3v) is 2.84. The molecule has 0 heterocycles. The molecular weight excluding hydrogens is 200 g/mol. The van der Waals surface area contributed by atoms with Crippen LogP contribution in [0.3, 0.4) is 0 Å². The van der Waals surface area contributed by atoms with Gasteiger partial charge >= 0.3 is 5.97 Å². The molecule has 2 nitrogen and oxygen atoms in total. The first-order valence-corrected chi connectivity index (χ1v) is 5.65. The number of benzene rings is 1. The highest BCUT2D eigenvalue weighted by molar-refractivity contribution is 5.74. The second kappa shape index (κ2) is 4.69. The molecule has 0 aliphatic carbocycles. The molecule has 16 heavy (non-hydrogen) atoms. The molecule has 0 atom stereocenters. The molecule has 2 heteroatoms. The summed E-state index contributed by atoms with van der Waals surface area (Å²) in [6, 6.07) is 8.19. The molecule has 1 rings (SSSR count). The van der Waals surface area contributed by atoms with Crippen LogP contribution in [0.1, 0.15) is 44.7 Å². The van der Waals surface area contributed by atoms with Crippen molar-refractivity contribution in [3.8, 4) is 0 Å². The third-order valence-electron chi connectivity index (χ3n) is 2.84. The molecule has 1 N–H and O–H groups in total. The predicted octanol–water partition coefficient (Wildman–Crippen LogP) is 3.46. The second-order valence-corrected chi connectivity index (χ2v) is 5.27. The van der Waals surface area contributed by atoms with Gasteiger partial charge in [0.2, 0.25) is 0 Å². The first kappa shape index (κ1) is 12.8. The topological polar surface area (TPSA) is 37.3 Å². The quantitative estimate of drug-likeness (QED) is 0.843. The van der Waals surface area contributed by atoms with Crippen molar-refractivity contribution in [3.05, 3.63) is 35.4 Å². The fraction of sp³-hybridized carbons (Fsp3) is 0.500. The Morgan fingerprint density at radius 3 is 2.50 bits per heavy atom. The normalized spacial score (nSPS) is 11.8. The van der Waals surface area contributed by atoms with E-state index in [1.54, 1.807) is 13.8 Å². The molecule has 0 aliphatic heterocycles. The zero-order valence-corrected chi connectivity index (χ0v) is 10.4. The van der Waals surface area contributed by atoms with Gasteiger partial charge in [0.05, 0.1) is 5.41 Å². The molecule has 0 aromatic heterocycles. The van der Waals surface area contributed by atoms with Crippen molar-refractivity contribution in [2.45, 2.75) is 40.0 Å². The average molecular weight is 220 g/mol. The van der Waals surface area contributed by atoms with Crippen LogP contribution in [0.2, 0.25) is 0 Å². The lowest BCUT2D eigenvalue weighted by Crippen LogP contribution is -2.26. The Labute approximate surface area is 97.3 Å². The monoisotopic (exact) mass is 220 g/mol. The zero-order chi connectivity index (χ0) is 12.3. The predicted molar refractivity (Wildman–Crippen MR) is 65.7 cm³/mol. The van der Waals surface area contributed by atoms with Gasteiger partial charge in [-0.05, 0) is 37.3 Å². The minimum atomic E-state index is -0.748. The van der Waals surface area contributed by atoms with Crippen LogP contribution in [0.15, 0.2) is 24.3 Å². The molecule has 0 saturated carbocycles. The number of carboxylic acid groups (broad SMARTS) is 1. The largest absolute Gasteiger partial charge is 0.481 e. The molecule has 0 saturated heterocycles. The molecule has 1 aromatic rings. The fourth-order valence-electron chi connectivity index (χ4n) is 1.65. The summed E-state index contributed by atoms with van der Waals surface area (Å²) in [7, 11) is 0. The molecule has 0 spiro atoms. The molecule has 0 aliphatic rings. The number of hydrogen-bond acceptors (Lipinski definition) is 1. The van der Waals surface area contributed by atoms with Crippen LogP contribution < -0.4 is 0 Å². The van der Waals surface area contributed by atoms with E-state index < -0.39 is 11.4 Å². The molecular formula is C14H20O2. The molecule has 0 bridgehead atoms. The Morgan fingerprint density at radius 1 is 1.38 bits per heavy atom. The van der Waals surface area contributed by atoms with Gasteiger partial charge in [-0.15, -0.1) is 0 Å². The highest BCUT2D eigenvalue weighted by Crippen LogP contribution is 2.24. The summed E-state index contributed by atoms with van der Waals surface area (Å²) in [4.78, 5) is 11.0. The summed E-state index contributed by atoms with van der Waals surface area (Å²) in [6.07, 6.45) is 0.572. The van der Waals surface area contributed by atoms with Crippen molar-refractivity contribution in [1.82, 2.24) is 0 Å². The fourth-order valence-corrected chi connectivity index (χ4v) is 1.65. The van der Waals surface area contributed by atoms with Gasteiger partial charge in [-0.2, -0.15) is 0 Å². The summed E-state index contributed by atoms with van der Waals surface area (Å²) in [5, 5.41) is 9.08. The Kier molecular flexibility index (Phi) is 3.74. The van der Waals surface area contributed by atoms with Crippen LogP contribution in [0.25, 0.3) is 0 Å². The number of carbonyl (C=O) groups is 1. The summed E-state index contributed by atoms with van der Waals surface area (Å²) in [5.74, 6) is -0.268. The van der Waals surface area contributed by atoms with Crippen molar-refractivity contribution in [2.24, 2.45) is 5.41 Å². The molecule has 0 unspecified atom stereocenters. The van der Waals surface area contributed by atoms with E-state index in [4.69, 9.17) is 5.11 Å². The summed E-state index contributed by atoms with van der Waals surface area (Å²) in [5.41, 5.74) is 1.66. The van der Waals surface area contributed by atoms with Crippen LogP contribution in [-0.4, -0.2) is 11.1 Å². The molecule has 0 fully saturated rings. The minimum absolute atomic E-state index is 0.480.